The lowest BCUT2D eigenvalue weighted by atomic mass is 10.3. The number of nitrogens with zero attached hydrogens (tertiary/aromatic N) is 3. The SMILES string of the molecule is C[C@H](Nc1cccc(C#N)n1)C(=O)N(C)C. The predicted molar refractivity (Wildman–Crippen MR) is 60.7 cm³/mol. The van der Waals surface area contributed by atoms with Gasteiger partial charge in [-0.3, -0.25) is 4.79 Å². The molecule has 0 bridgehead atoms. The Hall–Kier alpha value is -2.09. The fourth-order valence-electron chi connectivity index (χ4n) is 1.25. The molecule has 0 saturated carbocycles. The van der Waals surface area contributed by atoms with E-state index in [1.165, 1.54) is 4.90 Å². The van der Waals surface area contributed by atoms with Gasteiger partial charge in [0.1, 0.15) is 23.6 Å². The highest BCUT2D eigenvalue weighted by atomic mass is 16.2. The van der Waals surface area contributed by atoms with Crippen LogP contribution in [0.3, 0.4) is 0 Å². The minimum absolute atomic E-state index is 0.0378. The normalized spacial score (nSPS) is 11.4. The lowest BCUT2D eigenvalue weighted by Gasteiger charge is -2.18. The minimum Gasteiger partial charge on any atom is -0.359 e. The van der Waals surface area contributed by atoms with E-state index in [0.29, 0.717) is 11.5 Å². The van der Waals surface area contributed by atoms with E-state index in [-0.39, 0.29) is 11.9 Å². The first-order valence-electron chi connectivity index (χ1n) is 4.89. The molecule has 0 aromatic carbocycles. The second kappa shape index (κ2) is 5.12. The molecule has 1 rings (SSSR count). The van der Waals surface area contributed by atoms with Crippen LogP contribution in [0.5, 0.6) is 0 Å². The predicted octanol–water partition coefficient (Wildman–Crippen LogP) is 0.842. The summed E-state index contributed by atoms with van der Waals surface area (Å²) in [6.45, 7) is 1.75. The van der Waals surface area contributed by atoms with Gasteiger partial charge in [0.15, 0.2) is 0 Å². The monoisotopic (exact) mass is 218 g/mol. The molecule has 0 aliphatic rings. The van der Waals surface area contributed by atoms with E-state index in [9.17, 15) is 4.79 Å². The third kappa shape index (κ3) is 2.95. The molecule has 1 atom stereocenters. The van der Waals surface area contributed by atoms with Crippen molar-refractivity contribution >= 4 is 11.7 Å². The van der Waals surface area contributed by atoms with Gasteiger partial charge >= 0.3 is 0 Å². The van der Waals surface area contributed by atoms with E-state index in [1.807, 2.05) is 6.07 Å². The second-order valence-corrected chi connectivity index (χ2v) is 3.62. The number of aromatic nitrogens is 1. The van der Waals surface area contributed by atoms with Crippen molar-refractivity contribution in [1.82, 2.24) is 9.88 Å². The molecule has 1 amide bonds. The third-order valence-electron chi connectivity index (χ3n) is 2.04. The summed E-state index contributed by atoms with van der Waals surface area (Å²) in [5.41, 5.74) is 0.328. The summed E-state index contributed by atoms with van der Waals surface area (Å²) in [7, 11) is 3.39. The summed E-state index contributed by atoms with van der Waals surface area (Å²) in [5, 5.41) is 11.6. The van der Waals surface area contributed by atoms with Gasteiger partial charge < -0.3 is 10.2 Å². The van der Waals surface area contributed by atoms with Crippen LogP contribution in [0.2, 0.25) is 0 Å². The first-order chi connectivity index (χ1) is 7.54. The van der Waals surface area contributed by atoms with Crippen molar-refractivity contribution in [2.45, 2.75) is 13.0 Å². The Balaban J connectivity index is 2.74. The second-order valence-electron chi connectivity index (χ2n) is 3.62. The van der Waals surface area contributed by atoms with E-state index in [0.717, 1.165) is 0 Å². The number of hydrogen-bond acceptors (Lipinski definition) is 4. The topological polar surface area (TPSA) is 69.0 Å². The Morgan fingerprint density at radius 2 is 2.25 bits per heavy atom. The summed E-state index contributed by atoms with van der Waals surface area (Å²) in [5.74, 6) is 0.492. The fraction of sp³-hybridized carbons (Fsp3) is 0.364. The summed E-state index contributed by atoms with van der Waals surface area (Å²) in [4.78, 5) is 17.1. The maximum atomic E-state index is 11.6. The van der Waals surface area contributed by atoms with Gasteiger partial charge in [-0.1, -0.05) is 6.07 Å². The highest BCUT2D eigenvalue weighted by Gasteiger charge is 2.14. The number of carbonyl (C=O) groups is 1. The Morgan fingerprint density at radius 1 is 1.56 bits per heavy atom. The maximum absolute atomic E-state index is 11.6. The highest BCUT2D eigenvalue weighted by Crippen LogP contribution is 2.06. The molecule has 1 N–H and O–H groups in total. The fourth-order valence-corrected chi connectivity index (χ4v) is 1.25. The van der Waals surface area contributed by atoms with Crippen LogP contribution in [0.15, 0.2) is 18.2 Å². The molecule has 0 unspecified atom stereocenters. The van der Waals surface area contributed by atoms with E-state index < -0.39 is 0 Å². The van der Waals surface area contributed by atoms with Crippen molar-refractivity contribution in [3.8, 4) is 6.07 Å². The lowest BCUT2D eigenvalue weighted by Crippen LogP contribution is -2.36. The maximum Gasteiger partial charge on any atom is 0.244 e. The first-order valence-corrected chi connectivity index (χ1v) is 4.89. The van der Waals surface area contributed by atoms with Gasteiger partial charge in [0, 0.05) is 14.1 Å². The summed E-state index contributed by atoms with van der Waals surface area (Å²) in [6.07, 6.45) is 0. The number of pyridine rings is 1. The van der Waals surface area contributed by atoms with Gasteiger partial charge in [0.05, 0.1) is 0 Å². The van der Waals surface area contributed by atoms with Gasteiger partial charge in [-0.2, -0.15) is 5.26 Å². The summed E-state index contributed by atoms with van der Waals surface area (Å²) < 4.78 is 0. The molecular weight excluding hydrogens is 204 g/mol. The van der Waals surface area contributed by atoms with Gasteiger partial charge in [-0.05, 0) is 19.1 Å². The molecule has 5 heteroatoms. The van der Waals surface area contributed by atoms with Crippen LogP contribution in [0.4, 0.5) is 5.82 Å². The largest absolute Gasteiger partial charge is 0.359 e. The van der Waals surface area contributed by atoms with Gasteiger partial charge in [0.2, 0.25) is 5.91 Å². The first kappa shape index (κ1) is 12.0. The zero-order valence-corrected chi connectivity index (χ0v) is 9.56. The van der Waals surface area contributed by atoms with Crippen molar-refractivity contribution in [2.24, 2.45) is 0 Å². The molecule has 5 nitrogen and oxygen atoms in total. The molecular formula is C11H14N4O. The molecule has 1 heterocycles. The number of carbonyl (C=O) groups excluding carboxylic acids is 1. The van der Waals surface area contributed by atoms with Crippen molar-refractivity contribution in [3.63, 3.8) is 0 Å². The van der Waals surface area contributed by atoms with E-state index in [2.05, 4.69) is 10.3 Å². The lowest BCUT2D eigenvalue weighted by molar-refractivity contribution is -0.129. The standard InChI is InChI=1S/C11H14N4O/c1-8(11(16)15(2)3)13-10-6-4-5-9(7-12)14-10/h4-6,8H,1-3H3,(H,13,14)/t8-/m0/s1. The van der Waals surface area contributed by atoms with Gasteiger partial charge in [0.25, 0.3) is 0 Å². The summed E-state index contributed by atoms with van der Waals surface area (Å²) in [6, 6.07) is 6.64. The van der Waals surface area contributed by atoms with Crippen LogP contribution in [-0.4, -0.2) is 35.9 Å². The highest BCUT2D eigenvalue weighted by molar-refractivity contribution is 5.83. The van der Waals surface area contributed by atoms with Crippen LogP contribution in [0.25, 0.3) is 0 Å². The van der Waals surface area contributed by atoms with Gasteiger partial charge in [-0.15, -0.1) is 0 Å². The number of nitrogens with one attached hydrogen (secondary N) is 1. The average molecular weight is 218 g/mol. The van der Waals surface area contributed by atoms with Crippen LogP contribution < -0.4 is 5.32 Å². The zero-order valence-electron chi connectivity index (χ0n) is 9.56. The number of hydrogen-bond donors (Lipinski definition) is 1. The van der Waals surface area contributed by atoms with Crippen molar-refractivity contribution in [1.29, 1.82) is 5.26 Å². The molecule has 0 radical (unpaired) electrons. The van der Waals surface area contributed by atoms with Crippen LogP contribution in [-0.2, 0) is 4.79 Å². The molecule has 1 aromatic rings. The summed E-state index contributed by atoms with van der Waals surface area (Å²) >= 11 is 0. The molecule has 1 aromatic heterocycles. The van der Waals surface area contributed by atoms with E-state index >= 15 is 0 Å². The number of likely N-dealkylation sites (N-methyl/N-ethyl adjacent to an activating group) is 1. The van der Waals surface area contributed by atoms with E-state index in [1.54, 1.807) is 39.2 Å². The zero-order chi connectivity index (χ0) is 12.1. The number of nitriles is 1. The third-order valence-corrected chi connectivity index (χ3v) is 2.04. The Bertz CT molecular complexity index is 422. The molecule has 0 spiro atoms. The Labute approximate surface area is 94.7 Å². The molecule has 0 saturated heterocycles. The molecule has 84 valence electrons. The van der Waals surface area contributed by atoms with Crippen LogP contribution in [0, 0.1) is 11.3 Å². The Morgan fingerprint density at radius 3 is 2.81 bits per heavy atom. The number of amides is 1. The molecule has 0 aliphatic heterocycles. The number of rotatable bonds is 3. The van der Waals surface area contributed by atoms with Crippen molar-refractivity contribution < 1.29 is 4.79 Å². The van der Waals surface area contributed by atoms with E-state index in [4.69, 9.17) is 5.26 Å². The molecule has 0 aliphatic carbocycles. The molecule has 16 heavy (non-hydrogen) atoms. The van der Waals surface area contributed by atoms with Crippen molar-refractivity contribution in [2.75, 3.05) is 19.4 Å². The smallest absolute Gasteiger partial charge is 0.244 e. The van der Waals surface area contributed by atoms with Crippen LogP contribution in [0.1, 0.15) is 12.6 Å². The van der Waals surface area contributed by atoms with Crippen molar-refractivity contribution in [3.05, 3.63) is 23.9 Å². The average Bonchev–Trinajstić information content (AvgIpc) is 2.28. The van der Waals surface area contributed by atoms with Crippen LogP contribution >= 0.6 is 0 Å². The molecule has 0 fully saturated rings. The number of anilines is 1. The minimum atomic E-state index is -0.364. The quantitative estimate of drug-likeness (QED) is 0.816. The Kier molecular flexibility index (Phi) is 3.84. The van der Waals surface area contributed by atoms with Gasteiger partial charge in [-0.25, -0.2) is 4.98 Å².